The number of hydrogen-bond acceptors (Lipinski definition) is 2. The molecular weight excluding hydrogens is 138 g/mol. The first kappa shape index (κ1) is 7.32. The minimum absolute atomic E-state index is 0.0556. The summed E-state index contributed by atoms with van der Waals surface area (Å²) >= 11 is 5.75. The molecule has 0 aromatic rings. The molecule has 1 saturated heterocycles. The first-order valence-corrected chi connectivity index (χ1v) is 3.49. The van der Waals surface area contributed by atoms with Gasteiger partial charge in [0.05, 0.1) is 12.2 Å². The van der Waals surface area contributed by atoms with Crippen LogP contribution in [0.25, 0.3) is 0 Å². The maximum atomic E-state index is 5.75. The largest absolute Gasteiger partial charge is 0.373 e. The van der Waals surface area contributed by atoms with E-state index in [-0.39, 0.29) is 5.60 Å². The summed E-state index contributed by atoms with van der Waals surface area (Å²) in [5.41, 5.74) is -0.0556. The van der Waals surface area contributed by atoms with Crippen molar-refractivity contribution in [2.24, 2.45) is 0 Å². The smallest absolute Gasteiger partial charge is 0.0766 e. The van der Waals surface area contributed by atoms with Gasteiger partial charge in [-0.25, -0.2) is 4.42 Å². The molecule has 1 aliphatic heterocycles. The summed E-state index contributed by atoms with van der Waals surface area (Å²) in [7, 11) is 0. The van der Waals surface area contributed by atoms with E-state index < -0.39 is 0 Å². The molecule has 1 heterocycles. The Kier molecular flexibility index (Phi) is 1.99. The third kappa shape index (κ3) is 2.12. The van der Waals surface area contributed by atoms with Gasteiger partial charge >= 0.3 is 0 Å². The molecule has 0 aromatic carbocycles. The number of hydrogen-bond donors (Lipinski definition) is 0. The zero-order valence-corrected chi connectivity index (χ0v) is 6.61. The highest BCUT2D eigenvalue weighted by molar-refractivity contribution is 6.13. The maximum Gasteiger partial charge on any atom is 0.0766 e. The van der Waals surface area contributed by atoms with Gasteiger partial charge in [-0.1, -0.05) is 0 Å². The van der Waals surface area contributed by atoms with Gasteiger partial charge in [-0.15, -0.1) is 0 Å². The van der Waals surface area contributed by atoms with E-state index in [2.05, 4.69) is 0 Å². The van der Waals surface area contributed by atoms with Crippen LogP contribution in [0, 0.1) is 0 Å². The van der Waals surface area contributed by atoms with Crippen molar-refractivity contribution in [1.29, 1.82) is 0 Å². The van der Waals surface area contributed by atoms with Crippen molar-refractivity contribution in [1.82, 2.24) is 4.42 Å². The molecule has 0 aliphatic carbocycles. The van der Waals surface area contributed by atoms with E-state index >= 15 is 0 Å². The number of morpholine rings is 1. The summed E-state index contributed by atoms with van der Waals surface area (Å²) in [6.45, 7) is 6.49. The summed E-state index contributed by atoms with van der Waals surface area (Å²) in [4.78, 5) is 0. The van der Waals surface area contributed by atoms with Gasteiger partial charge < -0.3 is 4.74 Å². The van der Waals surface area contributed by atoms with Crippen molar-refractivity contribution in [3.8, 4) is 0 Å². The summed E-state index contributed by atoms with van der Waals surface area (Å²) in [6, 6.07) is 0. The third-order valence-electron chi connectivity index (χ3n) is 1.38. The summed E-state index contributed by atoms with van der Waals surface area (Å²) in [5.74, 6) is 0. The van der Waals surface area contributed by atoms with Crippen molar-refractivity contribution < 1.29 is 4.74 Å². The Morgan fingerprint density at radius 2 is 2.22 bits per heavy atom. The Labute approximate surface area is 60.8 Å². The number of rotatable bonds is 0. The lowest BCUT2D eigenvalue weighted by Crippen LogP contribution is -2.44. The molecule has 3 heteroatoms. The summed E-state index contributed by atoms with van der Waals surface area (Å²) in [5, 5.41) is 0. The molecule has 0 radical (unpaired) electrons. The van der Waals surface area contributed by atoms with E-state index in [1.807, 2.05) is 13.8 Å². The second-order valence-corrected chi connectivity index (χ2v) is 3.43. The Bertz CT molecular complexity index is 105. The molecule has 2 nitrogen and oxygen atoms in total. The average Bonchev–Trinajstić information content (AvgIpc) is 1.60. The van der Waals surface area contributed by atoms with Crippen molar-refractivity contribution in [3.05, 3.63) is 0 Å². The highest BCUT2D eigenvalue weighted by atomic mass is 35.5. The van der Waals surface area contributed by atoms with Crippen LogP contribution >= 0.6 is 11.8 Å². The van der Waals surface area contributed by atoms with Gasteiger partial charge in [0.1, 0.15) is 0 Å². The predicted octanol–water partition coefficient (Wildman–Crippen LogP) is 1.25. The topological polar surface area (TPSA) is 12.5 Å². The second kappa shape index (κ2) is 2.45. The average molecular weight is 150 g/mol. The normalized spacial score (nSPS) is 28.3. The van der Waals surface area contributed by atoms with Crippen LogP contribution in [0.1, 0.15) is 13.8 Å². The van der Waals surface area contributed by atoms with E-state index in [0.29, 0.717) is 0 Å². The van der Waals surface area contributed by atoms with E-state index in [1.54, 1.807) is 4.42 Å². The molecule has 0 aromatic heterocycles. The Morgan fingerprint density at radius 1 is 1.56 bits per heavy atom. The number of halogens is 1. The van der Waals surface area contributed by atoms with Crippen molar-refractivity contribution >= 4 is 11.8 Å². The third-order valence-corrected chi connectivity index (χ3v) is 1.67. The molecule has 0 N–H and O–H groups in total. The molecule has 54 valence electrons. The minimum Gasteiger partial charge on any atom is -0.373 e. The molecule has 1 fully saturated rings. The first-order valence-electron chi connectivity index (χ1n) is 3.15. The molecule has 0 saturated carbocycles. The van der Waals surface area contributed by atoms with Crippen LogP contribution in [0.2, 0.25) is 0 Å². The quantitative estimate of drug-likeness (QED) is 0.481. The Balaban J connectivity index is 2.41. The van der Waals surface area contributed by atoms with Crippen LogP contribution in [-0.2, 0) is 4.74 Å². The predicted molar refractivity (Wildman–Crippen MR) is 37.5 cm³/mol. The molecular formula is C6H12ClNO. The number of ether oxygens (including phenoxy) is 1. The lowest BCUT2D eigenvalue weighted by molar-refractivity contribution is -0.0637. The lowest BCUT2D eigenvalue weighted by Gasteiger charge is -2.34. The van der Waals surface area contributed by atoms with Crippen molar-refractivity contribution in [2.75, 3.05) is 19.7 Å². The summed E-state index contributed by atoms with van der Waals surface area (Å²) < 4.78 is 7.18. The van der Waals surface area contributed by atoms with E-state index in [0.717, 1.165) is 19.7 Å². The van der Waals surface area contributed by atoms with Crippen molar-refractivity contribution in [3.63, 3.8) is 0 Å². The van der Waals surface area contributed by atoms with Gasteiger partial charge in [-0.05, 0) is 25.6 Å². The Morgan fingerprint density at radius 3 is 2.56 bits per heavy atom. The molecule has 0 bridgehead atoms. The van der Waals surface area contributed by atoms with Gasteiger partial charge in [0.25, 0.3) is 0 Å². The fourth-order valence-corrected chi connectivity index (χ4v) is 1.32. The highest BCUT2D eigenvalue weighted by Crippen LogP contribution is 2.16. The molecule has 0 spiro atoms. The lowest BCUT2D eigenvalue weighted by atomic mass is 10.1. The molecule has 1 rings (SSSR count). The van der Waals surface area contributed by atoms with Gasteiger partial charge in [-0.3, -0.25) is 0 Å². The molecule has 0 amide bonds. The highest BCUT2D eigenvalue weighted by Gasteiger charge is 2.25. The van der Waals surface area contributed by atoms with E-state index in [4.69, 9.17) is 16.5 Å². The first-order chi connectivity index (χ1) is 4.10. The zero-order chi connectivity index (χ0) is 6.91. The van der Waals surface area contributed by atoms with Crippen LogP contribution in [0.15, 0.2) is 0 Å². The van der Waals surface area contributed by atoms with Gasteiger partial charge in [0.2, 0.25) is 0 Å². The van der Waals surface area contributed by atoms with E-state index in [9.17, 15) is 0 Å². The number of nitrogens with zero attached hydrogens (tertiary/aromatic N) is 1. The van der Waals surface area contributed by atoms with Crippen molar-refractivity contribution in [2.45, 2.75) is 19.4 Å². The fraction of sp³-hybridized carbons (Fsp3) is 1.00. The maximum absolute atomic E-state index is 5.75. The van der Waals surface area contributed by atoms with Gasteiger partial charge in [0, 0.05) is 13.1 Å². The van der Waals surface area contributed by atoms with Crippen LogP contribution in [0.5, 0.6) is 0 Å². The van der Waals surface area contributed by atoms with E-state index in [1.165, 1.54) is 0 Å². The van der Waals surface area contributed by atoms with Gasteiger partial charge in [0.15, 0.2) is 0 Å². The molecule has 0 unspecified atom stereocenters. The van der Waals surface area contributed by atoms with Gasteiger partial charge in [-0.2, -0.15) is 0 Å². The zero-order valence-electron chi connectivity index (χ0n) is 5.85. The molecule has 1 aliphatic rings. The molecule has 0 atom stereocenters. The minimum atomic E-state index is -0.0556. The monoisotopic (exact) mass is 149 g/mol. The van der Waals surface area contributed by atoms with Crippen LogP contribution in [-0.4, -0.2) is 29.7 Å². The summed E-state index contributed by atoms with van der Waals surface area (Å²) in [6.07, 6.45) is 0. The Hall–Kier alpha value is 0.210. The molecule has 9 heavy (non-hydrogen) atoms. The fourth-order valence-electron chi connectivity index (χ4n) is 0.959. The standard InChI is InChI=1S/C6H12ClNO/c1-6(2)5-8(7)3-4-9-6/h3-5H2,1-2H3. The van der Waals surface area contributed by atoms with Crippen LogP contribution in [0.4, 0.5) is 0 Å². The SMILES string of the molecule is CC1(C)CN(Cl)CCO1. The van der Waals surface area contributed by atoms with Crippen LogP contribution < -0.4 is 0 Å². The van der Waals surface area contributed by atoms with Crippen LogP contribution in [0.3, 0.4) is 0 Å². The second-order valence-electron chi connectivity index (χ2n) is 2.95.